The van der Waals surface area contributed by atoms with Crippen molar-refractivity contribution in [3.63, 3.8) is 0 Å². The molecule has 3 heterocycles. The number of carbonyl (C=O) groups is 1. The molecule has 3 atom stereocenters. The average Bonchev–Trinajstić information content (AvgIpc) is 3.62. The van der Waals surface area contributed by atoms with Crippen LogP contribution in [0.25, 0.3) is 5.57 Å². The minimum Gasteiger partial charge on any atom is -0.480 e. The molecule has 0 bridgehead atoms. The topological polar surface area (TPSA) is 108 Å². The Morgan fingerprint density at radius 2 is 1.80 bits per heavy atom. The van der Waals surface area contributed by atoms with E-state index in [1.54, 1.807) is 12.2 Å². The Labute approximate surface area is 270 Å². The number of methoxy groups -OCH3 is 2. The lowest BCUT2D eigenvalue weighted by Gasteiger charge is -2.44. The SMILES string of the molecule is COc1nc(OCC2(OCCCN3CCN(C)CC3)C=CC=C(c3ccccc3)C2(C)F)nc(OC)c1COC(=O)[C@@H]1CCCN1. The molecule has 1 aromatic carbocycles. The Morgan fingerprint density at radius 1 is 1.09 bits per heavy atom. The van der Waals surface area contributed by atoms with E-state index in [2.05, 4.69) is 32.1 Å². The van der Waals surface area contributed by atoms with E-state index in [9.17, 15) is 4.79 Å². The van der Waals surface area contributed by atoms with Gasteiger partial charge in [0.1, 0.15) is 24.8 Å². The Kier molecular flexibility index (Phi) is 11.3. The summed E-state index contributed by atoms with van der Waals surface area (Å²) in [6.45, 7) is 7.19. The number of nitrogens with zero attached hydrogens (tertiary/aromatic N) is 4. The van der Waals surface area contributed by atoms with Crippen LogP contribution in [0.4, 0.5) is 4.39 Å². The molecule has 11 nitrogen and oxygen atoms in total. The number of likely N-dealkylation sites (N-methyl/N-ethyl adjacent to an activating group) is 1. The van der Waals surface area contributed by atoms with Crippen LogP contribution in [0, 0.1) is 0 Å². The van der Waals surface area contributed by atoms with Crippen molar-refractivity contribution in [2.45, 2.75) is 50.1 Å². The summed E-state index contributed by atoms with van der Waals surface area (Å²) in [5, 5.41) is 3.12. The average molecular weight is 640 g/mol. The van der Waals surface area contributed by atoms with Crippen LogP contribution in [0.2, 0.25) is 0 Å². The number of carbonyl (C=O) groups excluding carboxylic acids is 1. The van der Waals surface area contributed by atoms with Gasteiger partial charge in [0.25, 0.3) is 0 Å². The predicted molar refractivity (Wildman–Crippen MR) is 172 cm³/mol. The minimum atomic E-state index is -1.96. The van der Waals surface area contributed by atoms with Crippen LogP contribution in [0.3, 0.4) is 0 Å². The highest BCUT2D eigenvalue weighted by Gasteiger charge is 2.53. The van der Waals surface area contributed by atoms with Crippen LogP contribution in [-0.2, 0) is 20.9 Å². The Morgan fingerprint density at radius 3 is 2.46 bits per heavy atom. The van der Waals surface area contributed by atoms with E-state index in [0.29, 0.717) is 17.7 Å². The number of aromatic nitrogens is 2. The molecule has 250 valence electrons. The molecule has 2 aliphatic heterocycles. The molecule has 1 N–H and O–H groups in total. The molecule has 3 aliphatic rings. The standard InChI is InChI=1S/C34H46FN5O6/c1-33(35)27(25-11-6-5-7-12-25)13-8-15-34(33,46-22-10-17-40-20-18-39(2)19-21-40)24-45-32-37-29(42-3)26(30(38-32)43-4)23-44-31(41)28-14-9-16-36-28/h5-8,11-13,15,28,36H,9-10,14,16-24H2,1-4H3/t28-,33?,34?/m0/s1. The molecular weight excluding hydrogens is 593 g/mol. The minimum absolute atomic E-state index is 0.0818. The number of hydrogen-bond donors (Lipinski definition) is 1. The van der Waals surface area contributed by atoms with Crippen molar-refractivity contribution in [1.82, 2.24) is 25.1 Å². The predicted octanol–water partition coefficient (Wildman–Crippen LogP) is 3.44. The molecule has 0 saturated carbocycles. The maximum absolute atomic E-state index is 17.2. The van der Waals surface area contributed by atoms with Gasteiger partial charge in [-0.1, -0.05) is 42.5 Å². The summed E-state index contributed by atoms with van der Waals surface area (Å²) in [5.74, 6) is -0.103. The maximum Gasteiger partial charge on any atom is 0.323 e. The van der Waals surface area contributed by atoms with Gasteiger partial charge in [0, 0.05) is 39.3 Å². The fourth-order valence-corrected chi connectivity index (χ4v) is 6.10. The lowest BCUT2D eigenvalue weighted by molar-refractivity contribution is -0.147. The number of piperazine rings is 1. The molecule has 2 saturated heterocycles. The lowest BCUT2D eigenvalue weighted by atomic mass is 9.74. The van der Waals surface area contributed by atoms with E-state index in [1.165, 1.54) is 21.1 Å². The van der Waals surface area contributed by atoms with E-state index in [-0.39, 0.29) is 43.0 Å². The molecule has 2 aromatic rings. The zero-order valence-electron chi connectivity index (χ0n) is 27.3. The Bertz CT molecular complexity index is 1350. The van der Waals surface area contributed by atoms with Gasteiger partial charge in [0.2, 0.25) is 11.8 Å². The quantitative estimate of drug-likeness (QED) is 0.243. The van der Waals surface area contributed by atoms with Crippen molar-refractivity contribution in [2.75, 3.05) is 73.7 Å². The van der Waals surface area contributed by atoms with Crippen molar-refractivity contribution < 1.29 is 32.9 Å². The number of halogens is 1. The first-order valence-electron chi connectivity index (χ1n) is 16.0. The third kappa shape index (κ3) is 7.68. The highest BCUT2D eigenvalue weighted by atomic mass is 19.1. The summed E-state index contributed by atoms with van der Waals surface area (Å²) < 4.78 is 46.4. The molecule has 0 spiro atoms. The lowest BCUT2D eigenvalue weighted by Crippen LogP contribution is -2.56. The highest BCUT2D eigenvalue weighted by molar-refractivity contribution is 5.77. The zero-order chi connectivity index (χ0) is 32.6. The van der Waals surface area contributed by atoms with E-state index < -0.39 is 11.3 Å². The number of esters is 1. The van der Waals surface area contributed by atoms with E-state index in [1.807, 2.05) is 36.4 Å². The van der Waals surface area contributed by atoms with Crippen LogP contribution in [0.5, 0.6) is 17.8 Å². The van der Waals surface area contributed by atoms with Crippen molar-refractivity contribution in [1.29, 1.82) is 0 Å². The van der Waals surface area contributed by atoms with E-state index in [0.717, 1.165) is 64.1 Å². The summed E-state index contributed by atoms with van der Waals surface area (Å²) in [7, 11) is 5.02. The second kappa shape index (κ2) is 15.3. The molecule has 0 amide bonds. The summed E-state index contributed by atoms with van der Waals surface area (Å²) in [6, 6.07) is 9.01. The fourth-order valence-electron chi connectivity index (χ4n) is 6.10. The monoisotopic (exact) mass is 639 g/mol. The van der Waals surface area contributed by atoms with E-state index >= 15 is 4.39 Å². The van der Waals surface area contributed by atoms with Crippen LogP contribution in [0.1, 0.15) is 37.3 Å². The molecule has 2 unspecified atom stereocenters. The molecule has 0 radical (unpaired) electrons. The molecule has 1 aliphatic carbocycles. The number of nitrogens with one attached hydrogen (secondary N) is 1. The van der Waals surface area contributed by atoms with E-state index in [4.69, 9.17) is 23.7 Å². The maximum atomic E-state index is 17.2. The fraction of sp³-hybridized carbons (Fsp3) is 0.559. The van der Waals surface area contributed by atoms with Crippen LogP contribution < -0.4 is 19.5 Å². The number of alkyl halides is 1. The molecule has 5 rings (SSSR count). The first-order valence-corrected chi connectivity index (χ1v) is 16.0. The van der Waals surface area contributed by atoms with Gasteiger partial charge in [-0.3, -0.25) is 4.79 Å². The number of benzene rings is 1. The van der Waals surface area contributed by atoms with Crippen molar-refractivity contribution in [3.8, 4) is 17.8 Å². The molecule has 46 heavy (non-hydrogen) atoms. The summed E-state index contributed by atoms with van der Waals surface area (Å²) >= 11 is 0. The number of rotatable bonds is 14. The molecular formula is C34H46FN5O6. The van der Waals surface area contributed by atoms with Crippen LogP contribution in [0.15, 0.2) is 48.6 Å². The van der Waals surface area contributed by atoms with Gasteiger partial charge >= 0.3 is 12.0 Å². The Balaban J connectivity index is 1.33. The Hall–Kier alpha value is -3.58. The molecule has 1 aromatic heterocycles. The smallest absolute Gasteiger partial charge is 0.323 e. The second-order valence-corrected chi connectivity index (χ2v) is 12.1. The van der Waals surface area contributed by atoms with Crippen molar-refractivity contribution >= 4 is 11.5 Å². The number of ether oxygens (including phenoxy) is 5. The van der Waals surface area contributed by atoms with Gasteiger partial charge < -0.3 is 38.8 Å². The summed E-state index contributed by atoms with van der Waals surface area (Å²) in [5.41, 5.74) is -1.84. The summed E-state index contributed by atoms with van der Waals surface area (Å²) in [6.07, 6.45) is 7.68. The van der Waals surface area contributed by atoms with Gasteiger partial charge in [-0.05, 0) is 57.0 Å². The molecule has 2 fully saturated rings. The van der Waals surface area contributed by atoms with Crippen LogP contribution >= 0.6 is 0 Å². The highest BCUT2D eigenvalue weighted by Crippen LogP contribution is 2.45. The normalized spacial score (nSPS) is 25.2. The van der Waals surface area contributed by atoms with Gasteiger partial charge in [-0.25, -0.2) is 4.39 Å². The zero-order valence-corrected chi connectivity index (χ0v) is 27.3. The van der Waals surface area contributed by atoms with Gasteiger partial charge in [0.05, 0.1) is 14.2 Å². The van der Waals surface area contributed by atoms with Gasteiger partial charge in [0.15, 0.2) is 11.3 Å². The van der Waals surface area contributed by atoms with Crippen LogP contribution in [-0.4, -0.2) is 117 Å². The first-order chi connectivity index (χ1) is 22.3. The third-order valence-electron chi connectivity index (χ3n) is 9.00. The first kappa shape index (κ1) is 33.8. The summed E-state index contributed by atoms with van der Waals surface area (Å²) in [4.78, 5) is 26.0. The number of hydrogen-bond acceptors (Lipinski definition) is 11. The molecule has 12 heteroatoms. The van der Waals surface area contributed by atoms with Gasteiger partial charge in [-0.15, -0.1) is 0 Å². The van der Waals surface area contributed by atoms with Gasteiger partial charge in [-0.2, -0.15) is 9.97 Å². The third-order valence-corrected chi connectivity index (χ3v) is 9.00. The largest absolute Gasteiger partial charge is 0.480 e. The van der Waals surface area contributed by atoms with Crippen molar-refractivity contribution in [3.05, 3.63) is 59.7 Å². The second-order valence-electron chi connectivity index (χ2n) is 12.1. The number of allylic oxidation sites excluding steroid dienone is 2. The van der Waals surface area contributed by atoms with Crippen molar-refractivity contribution in [2.24, 2.45) is 0 Å².